The molecule has 1 unspecified atom stereocenters. The first-order valence-electron chi connectivity index (χ1n) is 8.90. The van der Waals surface area contributed by atoms with Gasteiger partial charge < -0.3 is 20.3 Å². The number of H-pyrrole nitrogens is 1. The summed E-state index contributed by atoms with van der Waals surface area (Å²) < 4.78 is 7.22. The molecule has 4 rings (SSSR count). The number of para-hydroxylation sites is 2. The van der Waals surface area contributed by atoms with Crippen molar-refractivity contribution in [1.82, 2.24) is 9.71 Å². The van der Waals surface area contributed by atoms with Gasteiger partial charge in [-0.1, -0.05) is 30.3 Å². The van der Waals surface area contributed by atoms with Crippen molar-refractivity contribution in [3.05, 3.63) is 70.5 Å². The number of nitrogens with zero attached hydrogens (tertiary/aromatic N) is 1. The molecular formula is C21H21BrClN3O3. The number of ether oxygens (including phenoxy) is 1. The quantitative estimate of drug-likeness (QED) is 0.409. The number of carbonyl (C=O) groups is 1. The standard InChI is InChI=1S/C21H20BrN3O3.ClH/c1-27-21(26)19-10-13-5-4-7-17(22)20(13)25(19)28-12-15(23)9-14-11-24-18-8-3-2-6-16(14)18;/h2-8,10-11,15,24H,9,12,23H2,1H3;1H. The molecule has 2 aromatic carbocycles. The summed E-state index contributed by atoms with van der Waals surface area (Å²) in [6, 6.07) is 15.3. The van der Waals surface area contributed by atoms with E-state index in [1.165, 1.54) is 11.8 Å². The van der Waals surface area contributed by atoms with Crippen molar-refractivity contribution in [2.45, 2.75) is 12.5 Å². The van der Waals surface area contributed by atoms with E-state index in [2.05, 4.69) is 27.0 Å². The highest BCUT2D eigenvalue weighted by Crippen LogP contribution is 2.27. The van der Waals surface area contributed by atoms with Crippen molar-refractivity contribution < 1.29 is 14.4 Å². The van der Waals surface area contributed by atoms with Gasteiger partial charge in [0.2, 0.25) is 0 Å². The number of aromatic amines is 1. The Morgan fingerprint density at radius 3 is 2.83 bits per heavy atom. The summed E-state index contributed by atoms with van der Waals surface area (Å²) in [7, 11) is 1.35. The van der Waals surface area contributed by atoms with E-state index in [4.69, 9.17) is 15.3 Å². The van der Waals surface area contributed by atoms with Crippen LogP contribution in [0.1, 0.15) is 16.1 Å². The van der Waals surface area contributed by atoms with Gasteiger partial charge in [-0.15, -0.1) is 12.4 Å². The number of benzene rings is 2. The first-order valence-corrected chi connectivity index (χ1v) is 9.70. The number of hydrogen-bond acceptors (Lipinski definition) is 4. The zero-order chi connectivity index (χ0) is 19.7. The van der Waals surface area contributed by atoms with Crippen molar-refractivity contribution in [2.24, 2.45) is 5.73 Å². The van der Waals surface area contributed by atoms with Crippen LogP contribution in [0.5, 0.6) is 0 Å². The third-order valence-electron chi connectivity index (χ3n) is 4.70. The zero-order valence-electron chi connectivity index (χ0n) is 15.7. The Morgan fingerprint density at radius 1 is 1.24 bits per heavy atom. The molecule has 0 radical (unpaired) electrons. The topological polar surface area (TPSA) is 82.3 Å². The Kier molecular flexibility index (Phi) is 6.52. The average Bonchev–Trinajstić information content (AvgIpc) is 3.28. The summed E-state index contributed by atoms with van der Waals surface area (Å²) in [5.41, 5.74) is 9.64. The van der Waals surface area contributed by atoms with Gasteiger partial charge in [0.15, 0.2) is 5.69 Å². The van der Waals surface area contributed by atoms with Crippen molar-refractivity contribution in [3.63, 3.8) is 0 Å². The van der Waals surface area contributed by atoms with Gasteiger partial charge in [0.05, 0.1) is 7.11 Å². The first-order chi connectivity index (χ1) is 13.6. The van der Waals surface area contributed by atoms with Gasteiger partial charge in [0, 0.05) is 33.0 Å². The molecule has 0 aliphatic heterocycles. The number of hydrogen-bond donors (Lipinski definition) is 2. The van der Waals surface area contributed by atoms with Crippen molar-refractivity contribution in [1.29, 1.82) is 0 Å². The number of rotatable bonds is 6. The third-order valence-corrected chi connectivity index (χ3v) is 5.34. The normalized spacial score (nSPS) is 12.0. The zero-order valence-corrected chi connectivity index (χ0v) is 18.1. The molecule has 0 bridgehead atoms. The highest BCUT2D eigenvalue weighted by atomic mass is 79.9. The number of nitrogens with two attached hydrogens (primary N) is 1. The Hall–Kier alpha value is -2.48. The van der Waals surface area contributed by atoms with Crippen LogP contribution in [0.2, 0.25) is 0 Å². The van der Waals surface area contributed by atoms with Crippen LogP contribution < -0.4 is 10.6 Å². The largest absolute Gasteiger partial charge is 0.464 e. The van der Waals surface area contributed by atoms with Gasteiger partial charge in [-0.05, 0) is 46.1 Å². The second kappa shape index (κ2) is 8.90. The number of fused-ring (bicyclic) bond motifs is 2. The lowest BCUT2D eigenvalue weighted by Crippen LogP contribution is -2.34. The second-order valence-corrected chi connectivity index (χ2v) is 7.47. The molecule has 8 heteroatoms. The summed E-state index contributed by atoms with van der Waals surface area (Å²) in [5, 5.41) is 2.03. The maximum absolute atomic E-state index is 12.2. The van der Waals surface area contributed by atoms with Gasteiger partial charge in [0.25, 0.3) is 0 Å². The first kappa shape index (κ1) is 21.2. The van der Waals surface area contributed by atoms with Crippen molar-refractivity contribution >= 4 is 56.1 Å². The van der Waals surface area contributed by atoms with Crippen LogP contribution in [0.25, 0.3) is 21.8 Å². The van der Waals surface area contributed by atoms with E-state index >= 15 is 0 Å². The van der Waals surface area contributed by atoms with Gasteiger partial charge in [0.1, 0.15) is 12.1 Å². The van der Waals surface area contributed by atoms with E-state index < -0.39 is 5.97 Å². The molecule has 3 N–H and O–H groups in total. The molecule has 29 heavy (non-hydrogen) atoms. The van der Waals surface area contributed by atoms with Crippen LogP contribution in [0.15, 0.2) is 59.2 Å². The molecule has 0 aliphatic rings. The Balaban J connectivity index is 0.00000240. The molecule has 4 aromatic rings. The maximum Gasteiger partial charge on any atom is 0.358 e. The monoisotopic (exact) mass is 477 g/mol. The molecule has 2 aromatic heterocycles. The van der Waals surface area contributed by atoms with Crippen LogP contribution >= 0.6 is 28.3 Å². The fourth-order valence-corrected chi connectivity index (χ4v) is 3.92. The van der Waals surface area contributed by atoms with E-state index in [1.807, 2.05) is 42.6 Å². The predicted octanol–water partition coefficient (Wildman–Crippen LogP) is 4.09. The molecule has 0 aliphatic carbocycles. The molecule has 6 nitrogen and oxygen atoms in total. The SMILES string of the molecule is COC(=O)c1cc2cccc(Br)c2n1OCC(N)Cc1c[nH]c2ccccc12.Cl. The predicted molar refractivity (Wildman–Crippen MR) is 120 cm³/mol. The van der Waals surface area contributed by atoms with Crippen LogP contribution in [0.3, 0.4) is 0 Å². The smallest absolute Gasteiger partial charge is 0.358 e. The third kappa shape index (κ3) is 4.12. The van der Waals surface area contributed by atoms with Crippen molar-refractivity contribution in [2.75, 3.05) is 13.7 Å². The van der Waals surface area contributed by atoms with E-state index in [0.717, 1.165) is 31.8 Å². The van der Waals surface area contributed by atoms with Crippen LogP contribution in [0, 0.1) is 0 Å². The number of esters is 1. The summed E-state index contributed by atoms with van der Waals surface area (Å²) in [6.07, 6.45) is 2.63. The van der Waals surface area contributed by atoms with Crippen LogP contribution in [-0.2, 0) is 11.2 Å². The number of methoxy groups -OCH3 is 1. The summed E-state index contributed by atoms with van der Waals surface area (Å²) >= 11 is 3.53. The van der Waals surface area contributed by atoms with Crippen LogP contribution in [0.4, 0.5) is 0 Å². The molecule has 2 heterocycles. The number of halogens is 2. The van der Waals surface area contributed by atoms with Gasteiger partial charge in [-0.25, -0.2) is 4.79 Å². The number of carbonyl (C=O) groups excluding carboxylic acids is 1. The van der Waals surface area contributed by atoms with E-state index in [-0.39, 0.29) is 25.1 Å². The van der Waals surface area contributed by atoms with E-state index in [0.29, 0.717) is 12.1 Å². The molecule has 152 valence electrons. The highest BCUT2D eigenvalue weighted by Gasteiger charge is 2.20. The summed E-state index contributed by atoms with van der Waals surface area (Å²) in [4.78, 5) is 21.4. The molecule has 0 amide bonds. The lowest BCUT2D eigenvalue weighted by molar-refractivity contribution is 0.0508. The van der Waals surface area contributed by atoms with Gasteiger partial charge >= 0.3 is 5.97 Å². The van der Waals surface area contributed by atoms with E-state index in [9.17, 15) is 4.79 Å². The fraction of sp³-hybridized carbons (Fsp3) is 0.190. The molecule has 0 saturated carbocycles. The minimum Gasteiger partial charge on any atom is -0.464 e. The second-order valence-electron chi connectivity index (χ2n) is 6.61. The van der Waals surface area contributed by atoms with Gasteiger partial charge in [-0.3, -0.25) is 0 Å². The molecular weight excluding hydrogens is 458 g/mol. The van der Waals surface area contributed by atoms with Crippen molar-refractivity contribution in [3.8, 4) is 0 Å². The summed E-state index contributed by atoms with van der Waals surface area (Å²) in [6.45, 7) is 0.245. The van der Waals surface area contributed by atoms with E-state index in [1.54, 1.807) is 6.07 Å². The molecule has 0 saturated heterocycles. The maximum atomic E-state index is 12.2. The molecule has 0 spiro atoms. The highest BCUT2D eigenvalue weighted by molar-refractivity contribution is 9.10. The van der Waals surface area contributed by atoms with Gasteiger partial charge in [-0.2, -0.15) is 4.73 Å². The molecule has 0 fully saturated rings. The minimum absolute atomic E-state index is 0. The number of aromatic nitrogens is 2. The minimum atomic E-state index is -0.465. The lowest BCUT2D eigenvalue weighted by Gasteiger charge is -2.16. The average molecular weight is 479 g/mol. The Bertz CT molecular complexity index is 1150. The Labute approximate surface area is 182 Å². The molecule has 1 atom stereocenters. The number of nitrogens with one attached hydrogen (secondary N) is 1. The summed E-state index contributed by atoms with van der Waals surface area (Å²) in [5.74, 6) is -0.465. The fourth-order valence-electron chi connectivity index (χ4n) is 3.38. The van der Waals surface area contributed by atoms with Crippen LogP contribution in [-0.4, -0.2) is 35.4 Å². The Morgan fingerprint density at radius 2 is 2.03 bits per heavy atom. The lowest BCUT2D eigenvalue weighted by atomic mass is 10.1.